The molecule has 21 heavy (non-hydrogen) atoms. The van der Waals surface area contributed by atoms with Crippen LogP contribution in [0.25, 0.3) is 0 Å². The lowest BCUT2D eigenvalue weighted by atomic mass is 9.91. The van der Waals surface area contributed by atoms with Crippen LogP contribution in [0.1, 0.15) is 24.5 Å². The van der Waals surface area contributed by atoms with E-state index in [0.29, 0.717) is 13.0 Å². The molecule has 0 bridgehead atoms. The van der Waals surface area contributed by atoms with E-state index in [0.717, 1.165) is 24.1 Å². The first-order valence-corrected chi connectivity index (χ1v) is 7.41. The van der Waals surface area contributed by atoms with Crippen molar-refractivity contribution in [3.05, 3.63) is 35.4 Å². The molecule has 2 heterocycles. The van der Waals surface area contributed by atoms with Crippen molar-refractivity contribution >= 4 is 11.9 Å². The Morgan fingerprint density at radius 1 is 1.29 bits per heavy atom. The highest BCUT2D eigenvalue weighted by atomic mass is 16.4. The number of fused-ring (bicyclic) bond motifs is 1. The van der Waals surface area contributed by atoms with Crippen LogP contribution in [0.15, 0.2) is 24.3 Å². The number of nitrogens with zero attached hydrogens (tertiary/aromatic N) is 1. The Bertz CT molecular complexity index is 572. The third-order valence-corrected chi connectivity index (χ3v) is 4.66. The molecule has 1 fully saturated rings. The molecule has 2 N–H and O–H groups in total. The Morgan fingerprint density at radius 3 is 2.62 bits per heavy atom. The topological polar surface area (TPSA) is 69.6 Å². The van der Waals surface area contributed by atoms with Gasteiger partial charge in [-0.1, -0.05) is 24.3 Å². The van der Waals surface area contributed by atoms with Crippen LogP contribution in [0.4, 0.5) is 0 Å². The Kier molecular flexibility index (Phi) is 3.68. The van der Waals surface area contributed by atoms with Crippen molar-refractivity contribution in [1.29, 1.82) is 0 Å². The highest BCUT2D eigenvalue weighted by Gasteiger charge is 2.40. The summed E-state index contributed by atoms with van der Waals surface area (Å²) in [5.74, 6) is -1.07. The molecule has 3 rings (SSSR count). The van der Waals surface area contributed by atoms with E-state index in [1.165, 1.54) is 0 Å². The second kappa shape index (κ2) is 5.48. The van der Waals surface area contributed by atoms with E-state index in [1.807, 2.05) is 31.2 Å². The summed E-state index contributed by atoms with van der Waals surface area (Å²) in [6, 6.07) is 7.14. The van der Waals surface area contributed by atoms with E-state index in [4.69, 9.17) is 0 Å². The molecule has 1 amide bonds. The molecule has 5 heteroatoms. The van der Waals surface area contributed by atoms with E-state index in [2.05, 4.69) is 5.32 Å². The number of amides is 1. The second-order valence-corrected chi connectivity index (χ2v) is 5.93. The van der Waals surface area contributed by atoms with E-state index in [-0.39, 0.29) is 17.9 Å². The summed E-state index contributed by atoms with van der Waals surface area (Å²) in [6.45, 7) is 3.21. The Morgan fingerprint density at radius 2 is 2.00 bits per heavy atom. The molecule has 0 saturated carbocycles. The highest BCUT2D eigenvalue weighted by molar-refractivity contribution is 5.86. The number of carbonyl (C=O) groups is 2. The molecule has 2 aliphatic rings. The van der Waals surface area contributed by atoms with Gasteiger partial charge in [-0.25, -0.2) is 4.79 Å². The average Bonchev–Trinajstić information content (AvgIpc) is 2.91. The summed E-state index contributed by atoms with van der Waals surface area (Å²) in [4.78, 5) is 25.9. The van der Waals surface area contributed by atoms with E-state index < -0.39 is 12.0 Å². The second-order valence-electron chi connectivity index (χ2n) is 5.93. The zero-order valence-electron chi connectivity index (χ0n) is 12.1. The number of carboxylic acid groups (broad SMARTS) is 1. The van der Waals surface area contributed by atoms with Gasteiger partial charge in [0.25, 0.3) is 0 Å². The van der Waals surface area contributed by atoms with Crippen molar-refractivity contribution < 1.29 is 14.7 Å². The number of carbonyl (C=O) groups excluding carboxylic acids is 1. The molecule has 5 nitrogen and oxygen atoms in total. The zero-order valence-corrected chi connectivity index (χ0v) is 12.1. The first kappa shape index (κ1) is 14.1. The fourth-order valence-electron chi connectivity index (χ4n) is 3.38. The van der Waals surface area contributed by atoms with Crippen LogP contribution in [0.5, 0.6) is 0 Å². The number of carboxylic acids is 1. The SMILES string of the molecule is CC1NCCC1C(=O)N1Cc2ccccc2C[C@H]1C(=O)O. The lowest BCUT2D eigenvalue weighted by Gasteiger charge is -2.36. The standard InChI is InChI=1S/C16H20N2O3/c1-10-13(6-7-17-10)15(19)18-9-12-5-3-2-4-11(12)8-14(18)16(20)21/h2-5,10,13-14,17H,6-9H2,1H3,(H,20,21)/t10?,13?,14-/m0/s1. The van der Waals surface area contributed by atoms with Gasteiger partial charge in [-0.15, -0.1) is 0 Å². The van der Waals surface area contributed by atoms with E-state index >= 15 is 0 Å². The van der Waals surface area contributed by atoms with Crippen LogP contribution in [0, 0.1) is 5.92 Å². The molecule has 112 valence electrons. The number of nitrogens with one attached hydrogen (secondary N) is 1. The Balaban J connectivity index is 1.89. The summed E-state index contributed by atoms with van der Waals surface area (Å²) >= 11 is 0. The first-order chi connectivity index (χ1) is 10.1. The highest BCUT2D eigenvalue weighted by Crippen LogP contribution is 2.27. The van der Waals surface area contributed by atoms with Gasteiger partial charge in [0, 0.05) is 19.0 Å². The van der Waals surface area contributed by atoms with E-state index in [9.17, 15) is 14.7 Å². The maximum atomic E-state index is 12.8. The third-order valence-electron chi connectivity index (χ3n) is 4.66. The molecule has 0 aromatic heterocycles. The lowest BCUT2D eigenvalue weighted by molar-refractivity contribution is -0.153. The van der Waals surface area contributed by atoms with Crippen molar-refractivity contribution in [2.24, 2.45) is 5.92 Å². The number of rotatable bonds is 2. The van der Waals surface area contributed by atoms with Gasteiger partial charge < -0.3 is 15.3 Å². The molecular weight excluding hydrogens is 268 g/mol. The minimum Gasteiger partial charge on any atom is -0.480 e. The van der Waals surface area contributed by atoms with Gasteiger partial charge in [0.2, 0.25) is 5.91 Å². The lowest BCUT2D eigenvalue weighted by Crippen LogP contribution is -2.51. The van der Waals surface area contributed by atoms with Crippen molar-refractivity contribution in [3.8, 4) is 0 Å². The molecule has 2 aliphatic heterocycles. The van der Waals surface area contributed by atoms with Gasteiger partial charge in [0.05, 0.1) is 5.92 Å². The molecule has 0 aliphatic carbocycles. The summed E-state index contributed by atoms with van der Waals surface area (Å²) in [5, 5.41) is 12.7. The van der Waals surface area contributed by atoms with Gasteiger partial charge in [0.15, 0.2) is 0 Å². The summed E-state index contributed by atoms with van der Waals surface area (Å²) in [5.41, 5.74) is 2.09. The summed E-state index contributed by atoms with van der Waals surface area (Å²) in [7, 11) is 0. The minimum atomic E-state index is -0.920. The molecule has 0 spiro atoms. The van der Waals surface area contributed by atoms with Crippen LogP contribution in [0.2, 0.25) is 0 Å². The molecule has 2 unspecified atom stereocenters. The van der Waals surface area contributed by atoms with Crippen molar-refractivity contribution in [1.82, 2.24) is 10.2 Å². The van der Waals surface area contributed by atoms with Gasteiger partial charge in [-0.2, -0.15) is 0 Å². The average molecular weight is 288 g/mol. The third kappa shape index (κ3) is 2.53. The summed E-state index contributed by atoms with van der Waals surface area (Å²) < 4.78 is 0. The monoisotopic (exact) mass is 288 g/mol. The predicted molar refractivity (Wildman–Crippen MR) is 77.7 cm³/mol. The van der Waals surface area contributed by atoms with Crippen LogP contribution < -0.4 is 5.32 Å². The normalized spacial score (nSPS) is 28.2. The fourth-order valence-corrected chi connectivity index (χ4v) is 3.38. The van der Waals surface area contributed by atoms with Gasteiger partial charge in [-0.05, 0) is 31.0 Å². The zero-order chi connectivity index (χ0) is 15.0. The minimum absolute atomic E-state index is 0.0330. The van der Waals surface area contributed by atoms with Crippen molar-refractivity contribution in [3.63, 3.8) is 0 Å². The first-order valence-electron chi connectivity index (χ1n) is 7.41. The number of benzene rings is 1. The maximum absolute atomic E-state index is 12.8. The van der Waals surface area contributed by atoms with Crippen LogP contribution in [-0.4, -0.2) is 40.5 Å². The number of hydrogen-bond donors (Lipinski definition) is 2. The van der Waals surface area contributed by atoms with Crippen molar-refractivity contribution in [2.75, 3.05) is 6.54 Å². The Labute approximate surface area is 123 Å². The Hall–Kier alpha value is -1.88. The van der Waals surface area contributed by atoms with E-state index in [1.54, 1.807) is 4.90 Å². The molecule has 1 aromatic rings. The smallest absolute Gasteiger partial charge is 0.326 e. The molecular formula is C16H20N2O3. The van der Waals surface area contributed by atoms with Gasteiger partial charge in [-0.3, -0.25) is 4.79 Å². The molecule has 0 radical (unpaired) electrons. The van der Waals surface area contributed by atoms with Crippen LogP contribution >= 0.6 is 0 Å². The summed E-state index contributed by atoms with van der Waals surface area (Å²) in [6.07, 6.45) is 1.18. The van der Waals surface area contributed by atoms with Crippen LogP contribution in [0.3, 0.4) is 0 Å². The number of hydrogen-bond acceptors (Lipinski definition) is 3. The largest absolute Gasteiger partial charge is 0.480 e. The maximum Gasteiger partial charge on any atom is 0.326 e. The predicted octanol–water partition coefficient (Wildman–Crippen LogP) is 1.02. The van der Waals surface area contributed by atoms with Gasteiger partial charge in [0.1, 0.15) is 6.04 Å². The van der Waals surface area contributed by atoms with Crippen molar-refractivity contribution in [2.45, 2.75) is 38.4 Å². The fraction of sp³-hybridized carbons (Fsp3) is 0.500. The molecule has 1 aromatic carbocycles. The number of aliphatic carboxylic acids is 1. The van der Waals surface area contributed by atoms with Gasteiger partial charge >= 0.3 is 5.97 Å². The van der Waals surface area contributed by atoms with Crippen LogP contribution in [-0.2, 0) is 22.6 Å². The quantitative estimate of drug-likeness (QED) is 0.852. The molecule has 3 atom stereocenters. The molecule has 1 saturated heterocycles.